The molecule has 0 aliphatic carbocycles. The molecule has 1 heterocycles. The number of carbonyl (C=O) groups is 1. The van der Waals surface area contributed by atoms with Crippen LogP contribution in [0.15, 0.2) is 18.2 Å². The topological polar surface area (TPSA) is 59.1 Å². The van der Waals surface area contributed by atoms with E-state index in [1.54, 1.807) is 6.26 Å². The van der Waals surface area contributed by atoms with Crippen LogP contribution < -0.4 is 5.32 Å². The first kappa shape index (κ1) is 13.8. The summed E-state index contributed by atoms with van der Waals surface area (Å²) in [6.07, 6.45) is 2.24. The number of halogens is 1. The lowest BCUT2D eigenvalue weighted by Crippen LogP contribution is -2.28. The average molecular weight is 258 g/mol. The Morgan fingerprint density at radius 2 is 2.29 bits per heavy atom. The van der Waals surface area contributed by atoms with Crippen LogP contribution in [0, 0.1) is 5.95 Å². The molecular formula is C11H15FN2O2S. The second-order valence-electron chi connectivity index (χ2n) is 3.70. The number of pyridine rings is 1. The summed E-state index contributed by atoms with van der Waals surface area (Å²) in [7, 11) is -0.900. The summed E-state index contributed by atoms with van der Waals surface area (Å²) in [6, 6.07) is 4.06. The molecule has 0 saturated heterocycles. The van der Waals surface area contributed by atoms with Crippen LogP contribution in [-0.2, 0) is 10.8 Å². The second kappa shape index (κ2) is 6.44. The maximum atomic E-state index is 12.8. The molecule has 1 aromatic rings. The molecule has 0 bridgehead atoms. The number of nitrogens with zero attached hydrogens (tertiary/aromatic N) is 1. The lowest BCUT2D eigenvalue weighted by Gasteiger charge is -2.08. The Kier molecular flexibility index (Phi) is 5.21. The van der Waals surface area contributed by atoms with Gasteiger partial charge >= 0.3 is 0 Å². The SMILES string of the molecule is CC(CCNC(=O)c1cccc(F)n1)S(C)=O. The Morgan fingerprint density at radius 1 is 1.59 bits per heavy atom. The highest BCUT2D eigenvalue weighted by Crippen LogP contribution is 2.00. The Hall–Kier alpha value is -1.30. The van der Waals surface area contributed by atoms with Crippen molar-refractivity contribution < 1.29 is 13.4 Å². The molecule has 94 valence electrons. The molecule has 1 amide bonds. The van der Waals surface area contributed by atoms with Crippen molar-refractivity contribution in [2.45, 2.75) is 18.6 Å². The molecule has 2 unspecified atom stereocenters. The van der Waals surface area contributed by atoms with Crippen LogP contribution in [0.4, 0.5) is 4.39 Å². The average Bonchev–Trinajstić information content (AvgIpc) is 2.28. The van der Waals surface area contributed by atoms with E-state index in [1.165, 1.54) is 18.2 Å². The number of amides is 1. The maximum Gasteiger partial charge on any atom is 0.269 e. The number of hydrogen-bond donors (Lipinski definition) is 1. The quantitative estimate of drug-likeness (QED) is 0.805. The summed E-state index contributed by atoms with van der Waals surface area (Å²) in [4.78, 5) is 15.0. The van der Waals surface area contributed by atoms with Crippen LogP contribution in [0.2, 0.25) is 0 Å². The Balaban J connectivity index is 2.43. The van der Waals surface area contributed by atoms with Crippen LogP contribution in [0.1, 0.15) is 23.8 Å². The third kappa shape index (κ3) is 4.60. The van der Waals surface area contributed by atoms with Gasteiger partial charge in [-0.3, -0.25) is 9.00 Å². The van der Waals surface area contributed by atoms with E-state index in [4.69, 9.17) is 0 Å². The molecule has 0 fully saturated rings. The zero-order chi connectivity index (χ0) is 12.8. The van der Waals surface area contributed by atoms with Gasteiger partial charge in [-0.25, -0.2) is 4.98 Å². The van der Waals surface area contributed by atoms with Crippen molar-refractivity contribution in [3.8, 4) is 0 Å². The number of carbonyl (C=O) groups excluding carboxylic acids is 1. The lowest BCUT2D eigenvalue weighted by atomic mass is 10.3. The van der Waals surface area contributed by atoms with Gasteiger partial charge in [0.1, 0.15) is 5.69 Å². The molecule has 6 heteroatoms. The first-order chi connectivity index (χ1) is 8.00. The molecule has 1 aromatic heterocycles. The van der Waals surface area contributed by atoms with E-state index in [-0.39, 0.29) is 10.9 Å². The van der Waals surface area contributed by atoms with E-state index in [9.17, 15) is 13.4 Å². The Morgan fingerprint density at radius 3 is 2.88 bits per heavy atom. The van der Waals surface area contributed by atoms with Gasteiger partial charge < -0.3 is 5.32 Å². The molecule has 0 aromatic carbocycles. The monoisotopic (exact) mass is 258 g/mol. The fraction of sp³-hybridized carbons (Fsp3) is 0.455. The van der Waals surface area contributed by atoms with Crippen molar-refractivity contribution in [1.29, 1.82) is 0 Å². The van der Waals surface area contributed by atoms with Crippen molar-refractivity contribution in [3.05, 3.63) is 29.8 Å². The molecule has 0 spiro atoms. The molecule has 1 rings (SSSR count). The number of nitrogens with one attached hydrogen (secondary N) is 1. The molecule has 0 radical (unpaired) electrons. The zero-order valence-electron chi connectivity index (χ0n) is 9.77. The fourth-order valence-electron chi connectivity index (χ4n) is 1.18. The number of rotatable bonds is 5. The summed E-state index contributed by atoms with van der Waals surface area (Å²) in [5, 5.41) is 2.63. The summed E-state index contributed by atoms with van der Waals surface area (Å²) in [5.41, 5.74) is 0.0512. The molecular weight excluding hydrogens is 243 g/mol. The standard InChI is InChI=1S/C11H15FN2O2S/c1-8(17(2)16)6-7-13-11(15)9-4-3-5-10(12)14-9/h3-5,8H,6-7H2,1-2H3,(H,13,15). The van der Waals surface area contributed by atoms with E-state index in [0.29, 0.717) is 13.0 Å². The highest BCUT2D eigenvalue weighted by Gasteiger charge is 2.09. The minimum atomic E-state index is -0.900. The number of hydrogen-bond acceptors (Lipinski definition) is 3. The highest BCUT2D eigenvalue weighted by atomic mass is 32.2. The van der Waals surface area contributed by atoms with Crippen LogP contribution >= 0.6 is 0 Å². The molecule has 0 aliphatic heterocycles. The maximum absolute atomic E-state index is 12.8. The normalized spacial score (nSPS) is 14.1. The summed E-state index contributed by atoms with van der Waals surface area (Å²) in [6.45, 7) is 2.25. The van der Waals surface area contributed by atoms with Crippen LogP contribution in [0.25, 0.3) is 0 Å². The van der Waals surface area contributed by atoms with Gasteiger partial charge in [0.2, 0.25) is 5.95 Å². The van der Waals surface area contributed by atoms with Gasteiger partial charge in [0.25, 0.3) is 5.91 Å². The van der Waals surface area contributed by atoms with Gasteiger partial charge in [-0.1, -0.05) is 13.0 Å². The zero-order valence-corrected chi connectivity index (χ0v) is 10.6. The third-order valence-corrected chi connectivity index (χ3v) is 3.72. The Bertz CT molecular complexity index is 426. The third-order valence-electron chi connectivity index (χ3n) is 2.35. The van der Waals surface area contributed by atoms with Crippen molar-refractivity contribution in [1.82, 2.24) is 10.3 Å². The number of aromatic nitrogens is 1. The van der Waals surface area contributed by atoms with E-state index in [1.807, 2.05) is 6.92 Å². The summed E-state index contributed by atoms with van der Waals surface area (Å²) >= 11 is 0. The van der Waals surface area contributed by atoms with Gasteiger partial charge in [-0.15, -0.1) is 0 Å². The van der Waals surface area contributed by atoms with E-state index >= 15 is 0 Å². The predicted molar refractivity (Wildman–Crippen MR) is 64.7 cm³/mol. The Labute approximate surface area is 102 Å². The minimum absolute atomic E-state index is 0.0239. The minimum Gasteiger partial charge on any atom is -0.351 e. The fourth-order valence-corrected chi connectivity index (χ4v) is 1.63. The first-order valence-corrected chi connectivity index (χ1v) is 6.86. The first-order valence-electron chi connectivity index (χ1n) is 5.23. The molecule has 0 saturated carbocycles. The predicted octanol–water partition coefficient (Wildman–Crippen LogP) is 1.11. The van der Waals surface area contributed by atoms with Gasteiger partial charge in [0.05, 0.1) is 0 Å². The second-order valence-corrected chi connectivity index (χ2v) is 5.50. The highest BCUT2D eigenvalue weighted by molar-refractivity contribution is 7.84. The van der Waals surface area contributed by atoms with E-state index in [0.717, 1.165) is 0 Å². The molecule has 2 atom stereocenters. The van der Waals surface area contributed by atoms with Gasteiger partial charge in [0, 0.05) is 28.9 Å². The summed E-state index contributed by atoms with van der Waals surface area (Å²) < 4.78 is 23.8. The molecule has 0 aliphatic rings. The van der Waals surface area contributed by atoms with Crippen LogP contribution in [0.3, 0.4) is 0 Å². The van der Waals surface area contributed by atoms with E-state index < -0.39 is 22.7 Å². The smallest absolute Gasteiger partial charge is 0.269 e. The molecule has 17 heavy (non-hydrogen) atoms. The van der Waals surface area contributed by atoms with Gasteiger partial charge in [-0.05, 0) is 18.6 Å². The van der Waals surface area contributed by atoms with Crippen molar-refractivity contribution in [3.63, 3.8) is 0 Å². The van der Waals surface area contributed by atoms with Crippen molar-refractivity contribution in [2.24, 2.45) is 0 Å². The lowest BCUT2D eigenvalue weighted by molar-refractivity contribution is 0.0947. The van der Waals surface area contributed by atoms with Crippen molar-refractivity contribution in [2.75, 3.05) is 12.8 Å². The van der Waals surface area contributed by atoms with E-state index in [2.05, 4.69) is 10.3 Å². The largest absolute Gasteiger partial charge is 0.351 e. The van der Waals surface area contributed by atoms with Crippen molar-refractivity contribution >= 4 is 16.7 Å². The molecule has 4 nitrogen and oxygen atoms in total. The van der Waals surface area contributed by atoms with Crippen LogP contribution in [0.5, 0.6) is 0 Å². The van der Waals surface area contributed by atoms with Gasteiger partial charge in [-0.2, -0.15) is 4.39 Å². The molecule has 1 N–H and O–H groups in total. The summed E-state index contributed by atoms with van der Waals surface area (Å²) in [5.74, 6) is -1.10. The van der Waals surface area contributed by atoms with Crippen LogP contribution in [-0.4, -0.2) is 33.2 Å². The van der Waals surface area contributed by atoms with Gasteiger partial charge in [0.15, 0.2) is 0 Å².